The van der Waals surface area contributed by atoms with Gasteiger partial charge in [0.15, 0.2) is 5.60 Å². The Kier molecular flexibility index (Phi) is 6.49. The summed E-state index contributed by atoms with van der Waals surface area (Å²) < 4.78 is 45.3. The molecule has 0 aliphatic rings. The van der Waals surface area contributed by atoms with Gasteiger partial charge in [0, 0.05) is 15.3 Å². The fourth-order valence-corrected chi connectivity index (χ4v) is 2.45. The number of nitro benzene ring substituents is 1. The molecule has 0 fully saturated rings. The van der Waals surface area contributed by atoms with Gasteiger partial charge in [0.05, 0.1) is 4.92 Å². The molecule has 2 rings (SSSR count). The standard InChI is InChI=1S/C17H14F3IN2O5/c1-16(25,9-28-12-5-2-10(21)3-6-12)15(24)22-11-4-7-14(23(26)27)13(8-11)17(18,19)20/h2-8,25H,9H2,1H3,(H,22,24). The maximum absolute atomic E-state index is 13.0. The normalized spacial score (nSPS) is 13.5. The van der Waals surface area contributed by atoms with Gasteiger partial charge in [0.1, 0.15) is 17.9 Å². The van der Waals surface area contributed by atoms with Crippen molar-refractivity contribution in [2.75, 3.05) is 11.9 Å². The first-order valence-electron chi connectivity index (χ1n) is 7.68. The SMILES string of the molecule is CC(O)(COc1ccc(I)cc1)C(=O)Nc1ccc([N+](=O)[O-])c(C(F)(F)F)c1. The first-order valence-corrected chi connectivity index (χ1v) is 8.76. The minimum atomic E-state index is -4.99. The number of carbonyl (C=O) groups excluding carboxylic acids is 1. The van der Waals surface area contributed by atoms with E-state index in [-0.39, 0.29) is 5.69 Å². The van der Waals surface area contributed by atoms with E-state index < -0.39 is 40.5 Å². The van der Waals surface area contributed by atoms with Crippen molar-refractivity contribution in [3.63, 3.8) is 0 Å². The maximum Gasteiger partial charge on any atom is 0.423 e. The van der Waals surface area contributed by atoms with Gasteiger partial charge in [-0.15, -0.1) is 0 Å². The van der Waals surface area contributed by atoms with Crippen molar-refractivity contribution < 1.29 is 32.7 Å². The Morgan fingerprint density at radius 3 is 2.39 bits per heavy atom. The van der Waals surface area contributed by atoms with Gasteiger partial charge in [0.25, 0.3) is 11.6 Å². The lowest BCUT2D eigenvalue weighted by Gasteiger charge is -2.23. The van der Waals surface area contributed by atoms with Crippen molar-refractivity contribution in [1.29, 1.82) is 0 Å². The number of benzene rings is 2. The number of nitrogens with one attached hydrogen (secondary N) is 1. The van der Waals surface area contributed by atoms with E-state index >= 15 is 0 Å². The lowest BCUT2D eigenvalue weighted by molar-refractivity contribution is -0.388. The molecule has 150 valence electrons. The number of amides is 1. The van der Waals surface area contributed by atoms with E-state index in [2.05, 4.69) is 27.9 Å². The highest BCUT2D eigenvalue weighted by Gasteiger charge is 2.39. The van der Waals surface area contributed by atoms with Crippen LogP contribution in [0.2, 0.25) is 0 Å². The summed E-state index contributed by atoms with van der Waals surface area (Å²) in [6.45, 7) is 0.670. The molecule has 1 amide bonds. The molecule has 0 heterocycles. The molecule has 0 saturated heterocycles. The van der Waals surface area contributed by atoms with Crippen LogP contribution < -0.4 is 10.1 Å². The number of ether oxygens (including phenoxy) is 1. The Bertz CT molecular complexity index is 885. The van der Waals surface area contributed by atoms with E-state index in [0.29, 0.717) is 17.9 Å². The van der Waals surface area contributed by atoms with Crippen molar-refractivity contribution in [2.45, 2.75) is 18.7 Å². The molecule has 2 aromatic carbocycles. The number of hydrogen-bond acceptors (Lipinski definition) is 5. The van der Waals surface area contributed by atoms with Crippen molar-refractivity contribution in [3.8, 4) is 5.75 Å². The third-order valence-electron chi connectivity index (χ3n) is 3.58. The Morgan fingerprint density at radius 2 is 1.86 bits per heavy atom. The summed E-state index contributed by atoms with van der Waals surface area (Å²) in [4.78, 5) is 21.8. The van der Waals surface area contributed by atoms with Gasteiger partial charge in [0.2, 0.25) is 0 Å². The number of aliphatic hydroxyl groups is 1. The highest BCUT2D eigenvalue weighted by molar-refractivity contribution is 14.1. The molecule has 0 aliphatic heterocycles. The number of rotatable bonds is 6. The summed E-state index contributed by atoms with van der Waals surface area (Å²) in [6, 6.07) is 8.77. The summed E-state index contributed by atoms with van der Waals surface area (Å²) >= 11 is 2.09. The number of alkyl halides is 3. The number of nitrogens with zero attached hydrogens (tertiary/aromatic N) is 1. The highest BCUT2D eigenvalue weighted by atomic mass is 127. The van der Waals surface area contributed by atoms with Crippen molar-refractivity contribution in [3.05, 3.63) is 61.7 Å². The zero-order chi connectivity index (χ0) is 21.1. The minimum Gasteiger partial charge on any atom is -0.490 e. The van der Waals surface area contributed by atoms with Crippen LogP contribution in [0.1, 0.15) is 12.5 Å². The third-order valence-corrected chi connectivity index (χ3v) is 4.30. The Balaban J connectivity index is 2.14. The van der Waals surface area contributed by atoms with Crippen molar-refractivity contribution in [1.82, 2.24) is 0 Å². The van der Waals surface area contributed by atoms with E-state index in [1.165, 1.54) is 0 Å². The molecule has 28 heavy (non-hydrogen) atoms. The molecule has 7 nitrogen and oxygen atoms in total. The predicted molar refractivity (Wildman–Crippen MR) is 102 cm³/mol. The smallest absolute Gasteiger partial charge is 0.423 e. The van der Waals surface area contributed by atoms with Crippen molar-refractivity contribution in [2.24, 2.45) is 0 Å². The number of nitro groups is 1. The van der Waals surface area contributed by atoms with Gasteiger partial charge in [-0.3, -0.25) is 14.9 Å². The zero-order valence-corrected chi connectivity index (χ0v) is 16.4. The summed E-state index contributed by atoms with van der Waals surface area (Å²) in [7, 11) is 0. The molecule has 0 aromatic heterocycles. The minimum absolute atomic E-state index is 0.350. The first-order chi connectivity index (χ1) is 12.9. The molecule has 0 radical (unpaired) electrons. The number of halogens is 4. The second-order valence-electron chi connectivity index (χ2n) is 5.96. The predicted octanol–water partition coefficient (Wildman–Crippen LogP) is 3.99. The number of anilines is 1. The van der Waals surface area contributed by atoms with E-state index in [0.717, 1.165) is 16.6 Å². The van der Waals surface area contributed by atoms with Gasteiger partial charge in [-0.05, 0) is 65.9 Å². The van der Waals surface area contributed by atoms with Crippen LogP contribution in [-0.4, -0.2) is 28.1 Å². The van der Waals surface area contributed by atoms with Crippen LogP contribution >= 0.6 is 22.6 Å². The summed E-state index contributed by atoms with van der Waals surface area (Å²) in [5, 5.41) is 23.1. The van der Waals surface area contributed by atoms with E-state index in [4.69, 9.17) is 4.74 Å². The molecule has 11 heteroatoms. The number of hydrogen-bond donors (Lipinski definition) is 2. The largest absolute Gasteiger partial charge is 0.490 e. The fraction of sp³-hybridized carbons (Fsp3) is 0.235. The van der Waals surface area contributed by atoms with Crippen LogP contribution in [0.3, 0.4) is 0 Å². The average molecular weight is 510 g/mol. The van der Waals surface area contributed by atoms with E-state index in [1.54, 1.807) is 24.3 Å². The molecule has 1 unspecified atom stereocenters. The Hall–Kier alpha value is -2.41. The average Bonchev–Trinajstić information content (AvgIpc) is 2.60. The summed E-state index contributed by atoms with van der Waals surface area (Å²) in [6.07, 6.45) is -4.99. The van der Waals surface area contributed by atoms with E-state index in [1.807, 2.05) is 0 Å². The molecule has 0 aliphatic carbocycles. The summed E-state index contributed by atoms with van der Waals surface area (Å²) in [5.74, 6) is -0.636. The molecular formula is C17H14F3IN2O5. The number of carbonyl (C=O) groups is 1. The maximum atomic E-state index is 13.0. The Morgan fingerprint density at radius 1 is 1.25 bits per heavy atom. The highest BCUT2D eigenvalue weighted by Crippen LogP contribution is 2.37. The van der Waals surface area contributed by atoms with Crippen LogP contribution in [-0.2, 0) is 11.0 Å². The molecule has 0 spiro atoms. The third kappa shape index (κ3) is 5.55. The first kappa shape index (κ1) is 21.9. The van der Waals surface area contributed by atoms with Crippen LogP contribution in [0.4, 0.5) is 24.5 Å². The molecule has 2 N–H and O–H groups in total. The van der Waals surface area contributed by atoms with Gasteiger partial charge in [-0.25, -0.2) is 0 Å². The lowest BCUT2D eigenvalue weighted by atomic mass is 10.1. The Labute approximate surface area is 170 Å². The quantitative estimate of drug-likeness (QED) is 0.348. The van der Waals surface area contributed by atoms with Gasteiger partial charge in [-0.2, -0.15) is 13.2 Å². The zero-order valence-electron chi connectivity index (χ0n) is 14.3. The fourth-order valence-electron chi connectivity index (χ4n) is 2.09. The lowest BCUT2D eigenvalue weighted by Crippen LogP contribution is -2.45. The van der Waals surface area contributed by atoms with Gasteiger partial charge >= 0.3 is 6.18 Å². The molecule has 2 aromatic rings. The molecule has 1 atom stereocenters. The molecular weight excluding hydrogens is 496 g/mol. The topological polar surface area (TPSA) is 102 Å². The summed E-state index contributed by atoms with van der Waals surface area (Å²) in [5.41, 5.74) is -5.06. The van der Waals surface area contributed by atoms with Gasteiger partial charge < -0.3 is 15.2 Å². The van der Waals surface area contributed by atoms with Gasteiger partial charge in [-0.1, -0.05) is 0 Å². The van der Waals surface area contributed by atoms with Crippen LogP contribution in [0, 0.1) is 13.7 Å². The van der Waals surface area contributed by atoms with E-state index in [9.17, 15) is 33.2 Å². The van der Waals surface area contributed by atoms with Crippen LogP contribution in [0.5, 0.6) is 5.75 Å². The van der Waals surface area contributed by atoms with Crippen LogP contribution in [0.25, 0.3) is 0 Å². The van der Waals surface area contributed by atoms with Crippen molar-refractivity contribution >= 4 is 39.9 Å². The second-order valence-corrected chi connectivity index (χ2v) is 7.20. The molecule has 0 saturated carbocycles. The molecule has 0 bridgehead atoms. The monoisotopic (exact) mass is 510 g/mol. The van der Waals surface area contributed by atoms with Crippen LogP contribution in [0.15, 0.2) is 42.5 Å². The second kappa shape index (κ2) is 8.31.